The second kappa shape index (κ2) is 6.16. The van der Waals surface area contributed by atoms with Crippen LogP contribution in [0, 0.1) is 6.92 Å². The molecule has 0 atom stereocenters. The summed E-state index contributed by atoms with van der Waals surface area (Å²) in [5.74, 6) is 0.802. The Morgan fingerprint density at radius 2 is 2.15 bits per heavy atom. The molecule has 0 aliphatic rings. The molecular weight excluding hydrogens is 256 g/mol. The van der Waals surface area contributed by atoms with E-state index in [0.717, 1.165) is 11.1 Å². The van der Waals surface area contributed by atoms with E-state index in [1.165, 1.54) is 6.92 Å². The molecule has 0 unspecified atom stereocenters. The molecule has 0 saturated heterocycles. The predicted molar refractivity (Wildman–Crippen MR) is 75.7 cm³/mol. The topological polar surface area (TPSA) is 71.5 Å². The van der Waals surface area contributed by atoms with Gasteiger partial charge in [0.05, 0.1) is 12.3 Å². The highest BCUT2D eigenvalue weighted by Gasteiger charge is 2.09. The molecule has 2 aromatic rings. The molecule has 1 amide bonds. The Balaban J connectivity index is 2.28. The molecule has 0 spiro atoms. The zero-order valence-corrected chi connectivity index (χ0v) is 11.4. The number of rotatable bonds is 4. The molecule has 20 heavy (non-hydrogen) atoms. The summed E-state index contributed by atoms with van der Waals surface area (Å²) in [6, 6.07) is 8.95. The van der Waals surface area contributed by atoms with Crippen LogP contribution in [0.25, 0.3) is 0 Å². The highest BCUT2D eigenvalue weighted by Crippen LogP contribution is 2.30. The Bertz CT molecular complexity index is 626. The molecule has 0 saturated carbocycles. The van der Waals surface area contributed by atoms with Gasteiger partial charge < -0.3 is 15.2 Å². The van der Waals surface area contributed by atoms with Crippen LogP contribution < -0.4 is 10.1 Å². The van der Waals surface area contributed by atoms with E-state index in [2.05, 4.69) is 10.3 Å². The molecule has 5 heteroatoms. The summed E-state index contributed by atoms with van der Waals surface area (Å²) < 4.78 is 5.73. The van der Waals surface area contributed by atoms with Gasteiger partial charge in [0.15, 0.2) is 5.75 Å². The van der Waals surface area contributed by atoms with E-state index in [9.17, 15) is 4.79 Å². The summed E-state index contributed by atoms with van der Waals surface area (Å²) >= 11 is 0. The largest absolute Gasteiger partial charge is 0.437 e. The Hall–Kier alpha value is -2.40. The van der Waals surface area contributed by atoms with Crippen LogP contribution in [0.1, 0.15) is 18.1 Å². The lowest BCUT2D eigenvalue weighted by Gasteiger charge is -2.12. The van der Waals surface area contributed by atoms with Gasteiger partial charge in [-0.1, -0.05) is 12.1 Å². The number of hydrogen-bond donors (Lipinski definition) is 2. The molecule has 1 aromatic heterocycles. The summed E-state index contributed by atoms with van der Waals surface area (Å²) in [6.07, 6.45) is 1.56. The van der Waals surface area contributed by atoms with E-state index in [4.69, 9.17) is 9.84 Å². The average molecular weight is 272 g/mol. The number of carbonyl (C=O) groups excluding carboxylic acids is 1. The fourth-order valence-electron chi connectivity index (χ4n) is 1.77. The Labute approximate surface area is 117 Å². The molecule has 2 N–H and O–H groups in total. The second-order valence-electron chi connectivity index (χ2n) is 4.40. The molecule has 0 fully saturated rings. The SMILES string of the molecule is CC(=O)Nc1ccccc1Oc1ncc(CO)cc1C. The first kappa shape index (κ1) is 14.0. The van der Waals surface area contributed by atoms with E-state index < -0.39 is 0 Å². The fraction of sp³-hybridized carbons (Fsp3) is 0.200. The van der Waals surface area contributed by atoms with Gasteiger partial charge in [-0.15, -0.1) is 0 Å². The van der Waals surface area contributed by atoms with Crippen molar-refractivity contribution < 1.29 is 14.6 Å². The van der Waals surface area contributed by atoms with Gasteiger partial charge in [-0.2, -0.15) is 0 Å². The Kier molecular flexibility index (Phi) is 4.32. The number of carbonyl (C=O) groups is 1. The van der Waals surface area contributed by atoms with Crippen molar-refractivity contribution in [3.63, 3.8) is 0 Å². The van der Waals surface area contributed by atoms with E-state index in [1.54, 1.807) is 18.3 Å². The van der Waals surface area contributed by atoms with Crippen LogP contribution in [0.2, 0.25) is 0 Å². The first-order chi connectivity index (χ1) is 9.60. The molecule has 0 radical (unpaired) electrons. The number of nitrogens with zero attached hydrogens (tertiary/aromatic N) is 1. The van der Waals surface area contributed by atoms with Crippen molar-refractivity contribution in [2.45, 2.75) is 20.5 Å². The van der Waals surface area contributed by atoms with E-state index >= 15 is 0 Å². The summed E-state index contributed by atoms with van der Waals surface area (Å²) in [5.41, 5.74) is 2.13. The number of aryl methyl sites for hydroxylation is 1. The minimum Gasteiger partial charge on any atom is -0.437 e. The van der Waals surface area contributed by atoms with Crippen molar-refractivity contribution in [2.24, 2.45) is 0 Å². The van der Waals surface area contributed by atoms with Crippen molar-refractivity contribution in [2.75, 3.05) is 5.32 Å². The van der Waals surface area contributed by atoms with Gasteiger partial charge in [0.2, 0.25) is 11.8 Å². The quantitative estimate of drug-likeness (QED) is 0.897. The number of aliphatic hydroxyl groups is 1. The van der Waals surface area contributed by atoms with Crippen molar-refractivity contribution in [3.8, 4) is 11.6 Å². The number of aliphatic hydroxyl groups excluding tert-OH is 1. The summed E-state index contributed by atoms with van der Waals surface area (Å²) in [4.78, 5) is 15.3. The zero-order valence-electron chi connectivity index (χ0n) is 11.4. The number of anilines is 1. The molecule has 0 bridgehead atoms. The van der Waals surface area contributed by atoms with Crippen LogP contribution in [0.15, 0.2) is 36.5 Å². The lowest BCUT2D eigenvalue weighted by molar-refractivity contribution is -0.114. The maximum absolute atomic E-state index is 11.2. The second-order valence-corrected chi connectivity index (χ2v) is 4.40. The van der Waals surface area contributed by atoms with E-state index in [1.807, 2.05) is 25.1 Å². The van der Waals surface area contributed by atoms with Crippen LogP contribution in [-0.2, 0) is 11.4 Å². The van der Waals surface area contributed by atoms with Crippen LogP contribution >= 0.6 is 0 Å². The van der Waals surface area contributed by atoms with Gasteiger partial charge in [0.25, 0.3) is 0 Å². The third-order valence-electron chi connectivity index (χ3n) is 2.67. The molecule has 2 rings (SSSR count). The molecule has 0 aliphatic heterocycles. The van der Waals surface area contributed by atoms with Gasteiger partial charge in [-0.05, 0) is 30.7 Å². The van der Waals surface area contributed by atoms with Gasteiger partial charge in [0, 0.05) is 18.7 Å². The summed E-state index contributed by atoms with van der Waals surface area (Å²) in [5, 5.41) is 11.8. The van der Waals surface area contributed by atoms with Crippen LogP contribution in [0.3, 0.4) is 0 Å². The number of nitrogens with one attached hydrogen (secondary N) is 1. The maximum Gasteiger partial charge on any atom is 0.222 e. The molecule has 1 aromatic carbocycles. The number of pyridine rings is 1. The van der Waals surface area contributed by atoms with E-state index in [-0.39, 0.29) is 12.5 Å². The Morgan fingerprint density at radius 1 is 1.40 bits per heavy atom. The monoisotopic (exact) mass is 272 g/mol. The normalized spacial score (nSPS) is 10.2. The number of ether oxygens (including phenoxy) is 1. The van der Waals surface area contributed by atoms with Gasteiger partial charge >= 0.3 is 0 Å². The number of benzene rings is 1. The maximum atomic E-state index is 11.2. The van der Waals surface area contributed by atoms with E-state index in [0.29, 0.717) is 17.3 Å². The lowest BCUT2D eigenvalue weighted by atomic mass is 10.2. The molecule has 5 nitrogen and oxygen atoms in total. The average Bonchev–Trinajstić information content (AvgIpc) is 2.42. The molecule has 1 heterocycles. The van der Waals surface area contributed by atoms with Crippen molar-refractivity contribution >= 4 is 11.6 Å². The number of hydrogen-bond acceptors (Lipinski definition) is 4. The van der Waals surface area contributed by atoms with Crippen molar-refractivity contribution in [3.05, 3.63) is 47.7 Å². The summed E-state index contributed by atoms with van der Waals surface area (Å²) in [6.45, 7) is 3.23. The molecule has 104 valence electrons. The zero-order chi connectivity index (χ0) is 14.5. The van der Waals surface area contributed by atoms with Gasteiger partial charge in [0.1, 0.15) is 0 Å². The first-order valence-corrected chi connectivity index (χ1v) is 6.21. The Morgan fingerprint density at radius 3 is 2.80 bits per heavy atom. The fourth-order valence-corrected chi connectivity index (χ4v) is 1.77. The van der Waals surface area contributed by atoms with Crippen LogP contribution in [0.4, 0.5) is 5.69 Å². The lowest BCUT2D eigenvalue weighted by Crippen LogP contribution is -2.07. The summed E-state index contributed by atoms with van der Waals surface area (Å²) in [7, 11) is 0. The number of aromatic nitrogens is 1. The standard InChI is InChI=1S/C15H16N2O3/c1-10-7-12(9-18)8-16-15(10)20-14-6-4-3-5-13(14)17-11(2)19/h3-8,18H,9H2,1-2H3,(H,17,19). The minimum atomic E-state index is -0.165. The number of amides is 1. The first-order valence-electron chi connectivity index (χ1n) is 6.21. The van der Waals surface area contributed by atoms with Crippen LogP contribution in [0.5, 0.6) is 11.6 Å². The van der Waals surface area contributed by atoms with Gasteiger partial charge in [-0.3, -0.25) is 4.79 Å². The third kappa shape index (κ3) is 3.33. The number of para-hydroxylation sites is 2. The van der Waals surface area contributed by atoms with Crippen molar-refractivity contribution in [1.29, 1.82) is 0 Å². The smallest absolute Gasteiger partial charge is 0.222 e. The van der Waals surface area contributed by atoms with Gasteiger partial charge in [-0.25, -0.2) is 4.98 Å². The highest BCUT2D eigenvalue weighted by molar-refractivity contribution is 5.90. The molecular formula is C15H16N2O3. The third-order valence-corrected chi connectivity index (χ3v) is 2.67. The molecule has 0 aliphatic carbocycles. The minimum absolute atomic E-state index is 0.0589. The highest BCUT2D eigenvalue weighted by atomic mass is 16.5. The predicted octanol–water partition coefficient (Wildman–Crippen LogP) is 2.63. The van der Waals surface area contributed by atoms with Crippen LogP contribution in [-0.4, -0.2) is 16.0 Å². The van der Waals surface area contributed by atoms with Crippen molar-refractivity contribution in [1.82, 2.24) is 4.98 Å².